The SMILES string of the molecule is C=CCO[C@H]1[C@H](OCC=C)[C@H]2N=C(N(C)C(=O)O)S[C@H]2O[C@@H]1[C@@H](O)CCc1ccc(OC)cc1. The van der Waals surface area contributed by atoms with Crippen molar-refractivity contribution in [3.05, 3.63) is 55.1 Å². The maximum atomic E-state index is 11.4. The normalized spacial score (nSPS) is 26.8. The van der Waals surface area contributed by atoms with Gasteiger partial charge in [-0.2, -0.15) is 0 Å². The zero-order chi connectivity index (χ0) is 24.7. The van der Waals surface area contributed by atoms with E-state index in [9.17, 15) is 15.0 Å². The zero-order valence-electron chi connectivity index (χ0n) is 19.4. The Morgan fingerprint density at radius 2 is 1.88 bits per heavy atom. The van der Waals surface area contributed by atoms with Crippen molar-refractivity contribution in [2.45, 2.75) is 48.7 Å². The number of aryl methyl sites for hydroxylation is 1. The molecule has 0 aliphatic carbocycles. The smallest absolute Gasteiger partial charge is 0.413 e. The van der Waals surface area contributed by atoms with Crippen molar-refractivity contribution in [3.63, 3.8) is 0 Å². The minimum atomic E-state index is -1.12. The van der Waals surface area contributed by atoms with E-state index in [2.05, 4.69) is 18.2 Å². The molecule has 0 saturated carbocycles. The van der Waals surface area contributed by atoms with Crippen molar-refractivity contribution < 1.29 is 34.0 Å². The number of hydrogen-bond acceptors (Lipinski definition) is 8. The number of aliphatic hydroxyl groups is 1. The Morgan fingerprint density at radius 1 is 1.24 bits per heavy atom. The molecule has 34 heavy (non-hydrogen) atoms. The number of rotatable bonds is 11. The minimum Gasteiger partial charge on any atom is -0.497 e. The van der Waals surface area contributed by atoms with E-state index in [1.807, 2.05) is 24.3 Å². The molecule has 2 heterocycles. The lowest BCUT2D eigenvalue weighted by Gasteiger charge is -2.44. The van der Waals surface area contributed by atoms with E-state index in [4.69, 9.17) is 18.9 Å². The number of benzene rings is 1. The van der Waals surface area contributed by atoms with Gasteiger partial charge in [0.1, 0.15) is 35.5 Å². The van der Waals surface area contributed by atoms with E-state index in [-0.39, 0.29) is 13.2 Å². The average molecular weight is 493 g/mol. The first kappa shape index (κ1) is 26.2. The highest BCUT2D eigenvalue weighted by atomic mass is 32.2. The number of amidine groups is 1. The van der Waals surface area contributed by atoms with Gasteiger partial charge in [-0.3, -0.25) is 9.89 Å². The Bertz CT molecular complexity index is 879. The van der Waals surface area contributed by atoms with Crippen LogP contribution in [-0.4, -0.2) is 89.6 Å². The van der Waals surface area contributed by atoms with Crippen molar-refractivity contribution in [3.8, 4) is 5.75 Å². The van der Waals surface area contributed by atoms with Crippen LogP contribution in [0.3, 0.4) is 0 Å². The molecule has 2 N–H and O–H groups in total. The number of aliphatic hydroxyl groups excluding tert-OH is 1. The third-order valence-corrected chi connectivity index (χ3v) is 6.90. The molecule has 9 nitrogen and oxygen atoms in total. The Balaban J connectivity index is 1.80. The number of nitrogens with zero attached hydrogens (tertiary/aromatic N) is 2. The molecular weight excluding hydrogens is 460 g/mol. The molecule has 1 fully saturated rings. The van der Waals surface area contributed by atoms with Gasteiger partial charge in [0.25, 0.3) is 0 Å². The summed E-state index contributed by atoms with van der Waals surface area (Å²) in [6.45, 7) is 7.92. The average Bonchev–Trinajstić information content (AvgIpc) is 3.28. The molecule has 1 aromatic carbocycles. The summed E-state index contributed by atoms with van der Waals surface area (Å²) in [6, 6.07) is 7.18. The molecule has 6 atom stereocenters. The first-order valence-electron chi connectivity index (χ1n) is 11.0. The molecule has 0 spiro atoms. The summed E-state index contributed by atoms with van der Waals surface area (Å²) in [5, 5.41) is 20.8. The van der Waals surface area contributed by atoms with Crippen LogP contribution in [0, 0.1) is 0 Å². The second-order valence-electron chi connectivity index (χ2n) is 7.96. The Morgan fingerprint density at radius 3 is 2.47 bits per heavy atom. The highest BCUT2D eigenvalue weighted by Gasteiger charge is 2.53. The largest absolute Gasteiger partial charge is 0.497 e. The zero-order valence-corrected chi connectivity index (χ0v) is 20.2. The molecule has 2 aliphatic rings. The molecule has 2 aliphatic heterocycles. The van der Waals surface area contributed by atoms with Gasteiger partial charge in [0.2, 0.25) is 0 Å². The summed E-state index contributed by atoms with van der Waals surface area (Å²) in [6.07, 6.45) is 0.429. The lowest BCUT2D eigenvalue weighted by Crippen LogP contribution is -2.60. The number of hydrogen-bond donors (Lipinski definition) is 2. The lowest BCUT2D eigenvalue weighted by atomic mass is 9.91. The summed E-state index contributed by atoms with van der Waals surface area (Å²) < 4.78 is 23.5. The van der Waals surface area contributed by atoms with Crippen LogP contribution < -0.4 is 4.74 Å². The topological polar surface area (TPSA) is 110 Å². The monoisotopic (exact) mass is 492 g/mol. The fourth-order valence-corrected chi connectivity index (χ4v) is 5.08. The second-order valence-corrected chi connectivity index (χ2v) is 9.02. The quantitative estimate of drug-likeness (QED) is 0.454. The second kappa shape index (κ2) is 12.4. The predicted molar refractivity (Wildman–Crippen MR) is 130 cm³/mol. The third kappa shape index (κ3) is 6.19. The van der Waals surface area contributed by atoms with E-state index in [1.165, 1.54) is 18.8 Å². The van der Waals surface area contributed by atoms with Crippen LogP contribution in [0.15, 0.2) is 54.6 Å². The van der Waals surface area contributed by atoms with Crippen LogP contribution in [0.1, 0.15) is 12.0 Å². The van der Waals surface area contributed by atoms with Gasteiger partial charge < -0.3 is 29.2 Å². The molecule has 186 valence electrons. The summed E-state index contributed by atoms with van der Waals surface area (Å²) >= 11 is 1.20. The van der Waals surface area contributed by atoms with Crippen molar-refractivity contribution in [1.29, 1.82) is 0 Å². The molecule has 0 bridgehead atoms. The predicted octanol–water partition coefficient (Wildman–Crippen LogP) is 2.94. The number of carbonyl (C=O) groups is 1. The fourth-order valence-electron chi connectivity index (χ4n) is 3.91. The van der Waals surface area contributed by atoms with Crippen LogP contribution in [0.25, 0.3) is 0 Å². The van der Waals surface area contributed by atoms with Gasteiger partial charge in [0.05, 0.1) is 26.4 Å². The first-order chi connectivity index (χ1) is 16.4. The summed E-state index contributed by atoms with van der Waals surface area (Å²) in [4.78, 5) is 17.1. The molecule has 0 aromatic heterocycles. The van der Waals surface area contributed by atoms with Gasteiger partial charge in [0.15, 0.2) is 5.17 Å². The van der Waals surface area contributed by atoms with E-state index >= 15 is 0 Å². The molecule has 1 amide bonds. The Labute approximate surface area is 204 Å². The minimum absolute atomic E-state index is 0.236. The summed E-state index contributed by atoms with van der Waals surface area (Å²) in [5.74, 6) is 0.770. The van der Waals surface area contributed by atoms with E-state index in [0.29, 0.717) is 18.0 Å². The number of aliphatic imine (C=N–C) groups is 1. The summed E-state index contributed by atoms with van der Waals surface area (Å²) in [7, 11) is 3.04. The van der Waals surface area contributed by atoms with Crippen LogP contribution in [0.4, 0.5) is 4.79 Å². The van der Waals surface area contributed by atoms with Crippen molar-refractivity contribution in [1.82, 2.24) is 4.90 Å². The van der Waals surface area contributed by atoms with E-state index in [0.717, 1.165) is 16.2 Å². The highest BCUT2D eigenvalue weighted by Crippen LogP contribution is 2.40. The van der Waals surface area contributed by atoms with Crippen molar-refractivity contribution in [2.24, 2.45) is 4.99 Å². The van der Waals surface area contributed by atoms with Crippen molar-refractivity contribution in [2.75, 3.05) is 27.4 Å². The number of carboxylic acid groups (broad SMARTS) is 1. The third-order valence-electron chi connectivity index (χ3n) is 5.69. The van der Waals surface area contributed by atoms with Gasteiger partial charge in [-0.1, -0.05) is 36.0 Å². The first-order valence-corrected chi connectivity index (χ1v) is 11.9. The van der Waals surface area contributed by atoms with Gasteiger partial charge in [-0.15, -0.1) is 13.2 Å². The standard InChI is InChI=1S/C24H32N2O7S/c1-5-13-31-20-18-22(34-23(25-18)26(3)24(28)29)33-19(21(20)32-14-6-2)17(27)12-9-15-7-10-16(30-4)11-8-15/h5-8,10-11,17-22,27H,1-2,9,12-14H2,3-4H3,(H,28,29)/t17-,18+,19+,20+,21+,22+/m0/s1. The molecule has 0 unspecified atom stereocenters. The van der Waals surface area contributed by atoms with Crippen LogP contribution >= 0.6 is 11.8 Å². The Kier molecular flexibility index (Phi) is 9.54. The molecule has 0 radical (unpaired) electrons. The van der Waals surface area contributed by atoms with E-state index < -0.39 is 42.0 Å². The van der Waals surface area contributed by atoms with Gasteiger partial charge in [-0.25, -0.2) is 4.79 Å². The van der Waals surface area contributed by atoms with Crippen LogP contribution in [-0.2, 0) is 20.6 Å². The Hall–Kier alpha value is -2.37. The molecule has 1 aromatic rings. The van der Waals surface area contributed by atoms with Crippen LogP contribution in [0.2, 0.25) is 0 Å². The number of ether oxygens (including phenoxy) is 4. The number of fused-ring (bicyclic) bond motifs is 1. The maximum Gasteiger partial charge on any atom is 0.413 e. The number of amides is 1. The number of methoxy groups -OCH3 is 1. The van der Waals surface area contributed by atoms with Crippen molar-refractivity contribution >= 4 is 23.0 Å². The maximum absolute atomic E-state index is 11.4. The van der Waals surface area contributed by atoms with Gasteiger partial charge >= 0.3 is 6.09 Å². The van der Waals surface area contributed by atoms with Gasteiger partial charge in [-0.05, 0) is 30.5 Å². The summed E-state index contributed by atoms with van der Waals surface area (Å²) in [5.41, 5.74) is 0.538. The molecule has 10 heteroatoms. The molecule has 3 rings (SSSR count). The highest BCUT2D eigenvalue weighted by molar-refractivity contribution is 8.14. The van der Waals surface area contributed by atoms with Crippen LogP contribution in [0.5, 0.6) is 5.75 Å². The fraction of sp³-hybridized carbons (Fsp3) is 0.500. The van der Waals surface area contributed by atoms with Gasteiger partial charge in [0, 0.05) is 7.05 Å². The van der Waals surface area contributed by atoms with E-state index in [1.54, 1.807) is 19.3 Å². The molecular formula is C24H32N2O7S. The lowest BCUT2D eigenvalue weighted by molar-refractivity contribution is -0.209. The number of thioether (sulfide) groups is 1. The molecule has 1 saturated heterocycles.